The van der Waals surface area contributed by atoms with Crippen LogP contribution in [-0.2, 0) is 9.53 Å². The fourth-order valence-corrected chi connectivity index (χ4v) is 5.44. The van der Waals surface area contributed by atoms with E-state index in [4.69, 9.17) is 4.74 Å². The van der Waals surface area contributed by atoms with E-state index in [9.17, 15) is 27.2 Å². The van der Waals surface area contributed by atoms with Gasteiger partial charge in [-0.1, -0.05) is 54.6 Å². The zero-order valence-corrected chi connectivity index (χ0v) is 23.0. The Balaban J connectivity index is 1.71. The number of ether oxygens (including phenoxy) is 1. The van der Waals surface area contributed by atoms with Crippen molar-refractivity contribution in [2.75, 3.05) is 19.6 Å². The number of alkyl halides is 3. The molecule has 2 unspecified atom stereocenters. The molecule has 0 radical (unpaired) electrons. The van der Waals surface area contributed by atoms with Gasteiger partial charge in [0.1, 0.15) is 11.4 Å². The van der Waals surface area contributed by atoms with Crippen LogP contribution in [0.5, 0.6) is 0 Å². The van der Waals surface area contributed by atoms with Gasteiger partial charge in [0, 0.05) is 25.6 Å². The molecule has 1 heterocycles. The van der Waals surface area contributed by atoms with Gasteiger partial charge in [-0.2, -0.15) is 13.2 Å². The van der Waals surface area contributed by atoms with Crippen molar-refractivity contribution in [2.45, 2.75) is 57.9 Å². The molecule has 214 valence electrons. The molecule has 0 bridgehead atoms. The highest BCUT2D eigenvalue weighted by Gasteiger charge is 2.46. The monoisotopic (exact) mass is 558 g/mol. The number of fused-ring (bicyclic) bond motifs is 1. The van der Waals surface area contributed by atoms with Crippen molar-refractivity contribution < 1.29 is 31.9 Å². The summed E-state index contributed by atoms with van der Waals surface area (Å²) in [6.45, 7) is 6.98. The Morgan fingerprint density at radius 3 is 2.38 bits per heavy atom. The van der Waals surface area contributed by atoms with Crippen molar-refractivity contribution in [1.82, 2.24) is 9.80 Å². The van der Waals surface area contributed by atoms with Crippen LogP contribution in [0.25, 0.3) is 10.8 Å². The minimum Gasteiger partial charge on any atom is -0.444 e. The van der Waals surface area contributed by atoms with Crippen LogP contribution >= 0.6 is 0 Å². The second-order valence-electron chi connectivity index (χ2n) is 11.3. The fraction of sp³-hybridized carbons (Fsp3) is 0.419. The first kappa shape index (κ1) is 29.4. The molecule has 3 aromatic carbocycles. The summed E-state index contributed by atoms with van der Waals surface area (Å²) in [5.74, 6) is -3.42. The highest BCUT2D eigenvalue weighted by atomic mass is 19.4. The molecule has 3 aromatic rings. The van der Waals surface area contributed by atoms with Crippen molar-refractivity contribution in [2.24, 2.45) is 5.92 Å². The summed E-state index contributed by atoms with van der Waals surface area (Å²) in [4.78, 5) is 28.1. The predicted octanol–water partition coefficient (Wildman–Crippen LogP) is 7.47. The number of rotatable bonds is 5. The SMILES string of the molecule is C[C@H](c1cccc2ccccc12)N(CC1CCN(C(=O)C(F)(F)F)CC1c1cccc(F)c1)C(=O)OC(C)(C)C. The molecule has 5 nitrogen and oxygen atoms in total. The maximum atomic E-state index is 14.2. The molecule has 3 atom stereocenters. The molecule has 0 spiro atoms. The number of hydrogen-bond donors (Lipinski definition) is 0. The number of hydrogen-bond acceptors (Lipinski definition) is 3. The number of benzene rings is 3. The van der Waals surface area contributed by atoms with Gasteiger partial charge in [-0.25, -0.2) is 9.18 Å². The molecule has 1 aliphatic heterocycles. The van der Waals surface area contributed by atoms with E-state index in [1.54, 1.807) is 31.7 Å². The molecule has 4 rings (SSSR count). The van der Waals surface area contributed by atoms with E-state index >= 15 is 0 Å². The van der Waals surface area contributed by atoms with Crippen LogP contribution < -0.4 is 0 Å². The Morgan fingerprint density at radius 2 is 1.70 bits per heavy atom. The van der Waals surface area contributed by atoms with Crippen LogP contribution in [0, 0.1) is 11.7 Å². The molecule has 0 aromatic heterocycles. The lowest BCUT2D eigenvalue weighted by molar-refractivity contribution is -0.187. The second kappa shape index (κ2) is 11.5. The molecule has 40 heavy (non-hydrogen) atoms. The second-order valence-corrected chi connectivity index (χ2v) is 11.3. The van der Waals surface area contributed by atoms with Gasteiger partial charge in [0.2, 0.25) is 0 Å². The van der Waals surface area contributed by atoms with Crippen molar-refractivity contribution in [3.8, 4) is 0 Å². The van der Waals surface area contributed by atoms with E-state index in [1.165, 1.54) is 18.2 Å². The number of likely N-dealkylation sites (tertiary alicyclic amines) is 1. The molecular formula is C31H34F4N2O3. The zero-order chi connectivity index (χ0) is 29.2. The third kappa shape index (κ3) is 6.74. The Morgan fingerprint density at radius 1 is 1.02 bits per heavy atom. The largest absolute Gasteiger partial charge is 0.471 e. The number of amides is 2. The number of piperidine rings is 1. The number of carbonyl (C=O) groups is 2. The third-order valence-corrected chi connectivity index (χ3v) is 7.36. The lowest BCUT2D eigenvalue weighted by atomic mass is 9.80. The summed E-state index contributed by atoms with van der Waals surface area (Å²) in [5.41, 5.74) is 0.598. The third-order valence-electron chi connectivity index (χ3n) is 7.36. The summed E-state index contributed by atoms with van der Waals surface area (Å²) < 4.78 is 59.9. The maximum absolute atomic E-state index is 14.2. The molecule has 0 saturated carbocycles. The first-order chi connectivity index (χ1) is 18.7. The van der Waals surface area contributed by atoms with Crippen LogP contribution in [-0.4, -0.2) is 53.2 Å². The van der Waals surface area contributed by atoms with Crippen molar-refractivity contribution >= 4 is 22.8 Å². The van der Waals surface area contributed by atoms with E-state index in [1.807, 2.05) is 49.4 Å². The average molecular weight is 559 g/mol. The van der Waals surface area contributed by atoms with Gasteiger partial charge in [-0.15, -0.1) is 0 Å². The Labute approximate surface area is 231 Å². The van der Waals surface area contributed by atoms with Crippen molar-refractivity contribution in [3.05, 3.63) is 83.7 Å². The zero-order valence-electron chi connectivity index (χ0n) is 23.0. The summed E-state index contributed by atoms with van der Waals surface area (Å²) in [6, 6.07) is 18.9. The standard InChI is InChI=1S/C31H34F4N2O3/c1-20(25-14-8-10-21-9-5-6-13-26(21)25)37(29(39)40-30(2,3)4)18-23-15-16-36(28(38)31(33,34)35)19-27(23)22-11-7-12-24(32)17-22/h5-14,17,20,23,27H,15-16,18-19H2,1-4H3/t20-,23?,27?/m1/s1. The number of nitrogens with zero attached hydrogens (tertiary/aromatic N) is 2. The van der Waals surface area contributed by atoms with E-state index < -0.39 is 41.6 Å². The first-order valence-corrected chi connectivity index (χ1v) is 13.3. The molecule has 0 N–H and O–H groups in total. The summed E-state index contributed by atoms with van der Waals surface area (Å²) in [7, 11) is 0. The number of halogens is 4. The lowest BCUT2D eigenvalue weighted by Crippen LogP contribution is -2.51. The van der Waals surface area contributed by atoms with Crippen LogP contribution in [0.15, 0.2) is 66.7 Å². The van der Waals surface area contributed by atoms with E-state index in [2.05, 4.69) is 0 Å². The summed E-state index contributed by atoms with van der Waals surface area (Å²) in [5, 5.41) is 1.98. The first-order valence-electron chi connectivity index (χ1n) is 13.3. The topological polar surface area (TPSA) is 49.9 Å². The van der Waals surface area contributed by atoms with Gasteiger partial charge in [-0.05, 0) is 74.1 Å². The van der Waals surface area contributed by atoms with Crippen LogP contribution in [0.3, 0.4) is 0 Å². The van der Waals surface area contributed by atoms with E-state index in [0.29, 0.717) is 5.56 Å². The maximum Gasteiger partial charge on any atom is 0.471 e. The van der Waals surface area contributed by atoms with E-state index in [-0.39, 0.29) is 32.0 Å². The van der Waals surface area contributed by atoms with Crippen LogP contribution in [0.1, 0.15) is 57.2 Å². The van der Waals surface area contributed by atoms with Gasteiger partial charge in [-0.3, -0.25) is 4.79 Å². The molecule has 1 saturated heterocycles. The molecule has 0 aliphatic carbocycles. The Bertz CT molecular complexity index is 1360. The smallest absolute Gasteiger partial charge is 0.444 e. The molecular weight excluding hydrogens is 524 g/mol. The summed E-state index contributed by atoms with van der Waals surface area (Å²) in [6.07, 6.45) is -5.37. The minimum atomic E-state index is -5.01. The lowest BCUT2D eigenvalue weighted by Gasteiger charge is -2.42. The highest BCUT2D eigenvalue weighted by Crippen LogP contribution is 2.38. The van der Waals surface area contributed by atoms with Gasteiger partial charge >= 0.3 is 18.2 Å². The van der Waals surface area contributed by atoms with Gasteiger partial charge in [0.25, 0.3) is 0 Å². The van der Waals surface area contributed by atoms with Crippen LogP contribution in [0.2, 0.25) is 0 Å². The van der Waals surface area contributed by atoms with Crippen LogP contribution in [0.4, 0.5) is 22.4 Å². The van der Waals surface area contributed by atoms with Crippen molar-refractivity contribution in [1.29, 1.82) is 0 Å². The molecule has 9 heteroatoms. The molecule has 1 aliphatic rings. The van der Waals surface area contributed by atoms with E-state index in [0.717, 1.165) is 21.2 Å². The van der Waals surface area contributed by atoms with Gasteiger partial charge in [0.05, 0.1) is 6.04 Å². The predicted molar refractivity (Wildman–Crippen MR) is 145 cm³/mol. The average Bonchev–Trinajstić information content (AvgIpc) is 2.89. The Kier molecular flexibility index (Phi) is 8.42. The van der Waals surface area contributed by atoms with Gasteiger partial charge in [0.15, 0.2) is 0 Å². The Hall–Kier alpha value is -3.62. The molecule has 1 fully saturated rings. The molecule has 2 amide bonds. The van der Waals surface area contributed by atoms with Gasteiger partial charge < -0.3 is 14.5 Å². The highest BCUT2D eigenvalue weighted by molar-refractivity contribution is 5.86. The van der Waals surface area contributed by atoms with Crippen molar-refractivity contribution in [3.63, 3.8) is 0 Å². The quantitative estimate of drug-likeness (QED) is 0.305. The summed E-state index contributed by atoms with van der Waals surface area (Å²) >= 11 is 0. The minimum absolute atomic E-state index is 0.125. The fourth-order valence-electron chi connectivity index (χ4n) is 5.44. The normalized spacial score (nSPS) is 18.9. The number of carbonyl (C=O) groups excluding carboxylic acids is 2.